The van der Waals surface area contributed by atoms with Crippen LogP contribution in [0.1, 0.15) is 30.6 Å². The average molecular weight is 323 g/mol. The summed E-state index contributed by atoms with van der Waals surface area (Å²) in [6.45, 7) is 3.79. The van der Waals surface area contributed by atoms with Gasteiger partial charge >= 0.3 is 0 Å². The first-order valence-electron chi connectivity index (χ1n) is 5.19. The van der Waals surface area contributed by atoms with Gasteiger partial charge in [-0.2, -0.15) is 0 Å². The van der Waals surface area contributed by atoms with E-state index in [0.717, 1.165) is 0 Å². The summed E-state index contributed by atoms with van der Waals surface area (Å²) >= 11 is 8.82. The van der Waals surface area contributed by atoms with Crippen molar-refractivity contribution in [2.75, 3.05) is 5.88 Å². The molecule has 0 bridgehead atoms. The number of benzene rings is 1. The fourth-order valence-corrected chi connectivity index (χ4v) is 2.35. The summed E-state index contributed by atoms with van der Waals surface area (Å²) in [4.78, 5) is 12.0. The molecule has 0 aliphatic carbocycles. The van der Waals surface area contributed by atoms with Crippen LogP contribution in [0.5, 0.6) is 0 Å². The van der Waals surface area contributed by atoms with Gasteiger partial charge in [0.05, 0.1) is 5.56 Å². The third-order valence-electron chi connectivity index (χ3n) is 2.35. The Labute approximate surface area is 114 Å². The molecule has 1 N–H and O–H groups in total. The minimum absolute atomic E-state index is 0.244. The van der Waals surface area contributed by atoms with Crippen LogP contribution >= 0.6 is 27.5 Å². The van der Waals surface area contributed by atoms with Crippen molar-refractivity contribution in [1.82, 2.24) is 5.32 Å². The molecule has 0 spiro atoms. The lowest BCUT2D eigenvalue weighted by Gasteiger charge is -2.25. The highest BCUT2D eigenvalue weighted by atomic mass is 79.9. The molecule has 0 saturated carbocycles. The van der Waals surface area contributed by atoms with E-state index in [2.05, 4.69) is 21.2 Å². The number of alkyl halides is 1. The zero-order valence-corrected chi connectivity index (χ0v) is 12.0. The Bertz CT molecular complexity index is 423. The van der Waals surface area contributed by atoms with Crippen LogP contribution in [0, 0.1) is 5.82 Å². The zero-order valence-electron chi connectivity index (χ0n) is 9.69. The van der Waals surface area contributed by atoms with E-state index in [-0.39, 0.29) is 17.3 Å². The second kappa shape index (κ2) is 5.83. The minimum Gasteiger partial charge on any atom is -0.347 e. The molecule has 1 aromatic rings. The maximum Gasteiger partial charge on any atom is 0.252 e. The van der Waals surface area contributed by atoms with Crippen LogP contribution in [0.2, 0.25) is 0 Å². The Morgan fingerprint density at radius 2 is 2.18 bits per heavy atom. The van der Waals surface area contributed by atoms with Crippen LogP contribution in [-0.2, 0) is 0 Å². The standard InChI is InChI=1S/C12H14BrClFNO/c1-12(2,5-6-14)16-11(17)9-4-3-8(15)7-10(9)13/h3-4,7H,5-6H2,1-2H3,(H,16,17). The van der Waals surface area contributed by atoms with Gasteiger partial charge in [-0.3, -0.25) is 4.79 Å². The van der Waals surface area contributed by atoms with E-state index in [1.54, 1.807) is 0 Å². The SMILES string of the molecule is CC(C)(CCCl)NC(=O)c1ccc(F)cc1Br. The summed E-state index contributed by atoms with van der Waals surface area (Å²) in [5.74, 6) is -0.154. The third-order valence-corrected chi connectivity index (χ3v) is 3.19. The van der Waals surface area contributed by atoms with Crippen LogP contribution in [0.3, 0.4) is 0 Å². The predicted molar refractivity (Wildman–Crippen MR) is 71.0 cm³/mol. The van der Waals surface area contributed by atoms with Crippen LogP contribution in [-0.4, -0.2) is 17.3 Å². The molecule has 1 amide bonds. The summed E-state index contributed by atoms with van der Waals surface area (Å²) in [6.07, 6.45) is 0.666. The van der Waals surface area contributed by atoms with Crippen molar-refractivity contribution < 1.29 is 9.18 Å². The van der Waals surface area contributed by atoms with E-state index in [9.17, 15) is 9.18 Å². The predicted octanol–water partition coefficient (Wildman–Crippen LogP) is 3.73. The second-order valence-corrected chi connectivity index (χ2v) is 5.63. The molecule has 0 radical (unpaired) electrons. The summed E-state index contributed by atoms with van der Waals surface area (Å²) in [6, 6.07) is 3.98. The molecule has 0 fully saturated rings. The Balaban J connectivity index is 2.83. The number of carbonyl (C=O) groups excluding carboxylic acids is 1. The highest BCUT2D eigenvalue weighted by Gasteiger charge is 2.21. The average Bonchev–Trinajstić information content (AvgIpc) is 2.15. The van der Waals surface area contributed by atoms with Crippen molar-refractivity contribution in [3.8, 4) is 0 Å². The van der Waals surface area contributed by atoms with Crippen LogP contribution in [0.15, 0.2) is 22.7 Å². The third kappa shape index (κ3) is 4.28. The van der Waals surface area contributed by atoms with E-state index in [1.165, 1.54) is 18.2 Å². The maximum atomic E-state index is 12.9. The number of halogens is 3. The normalized spacial score (nSPS) is 11.4. The highest BCUT2D eigenvalue weighted by Crippen LogP contribution is 2.19. The molecule has 0 unspecified atom stereocenters. The summed E-state index contributed by atoms with van der Waals surface area (Å²) < 4.78 is 13.3. The topological polar surface area (TPSA) is 29.1 Å². The number of amides is 1. The van der Waals surface area contributed by atoms with Crippen LogP contribution in [0.25, 0.3) is 0 Å². The first kappa shape index (κ1) is 14.5. The molecule has 1 aromatic carbocycles. The van der Waals surface area contributed by atoms with E-state index in [4.69, 9.17) is 11.6 Å². The van der Waals surface area contributed by atoms with Gasteiger partial charge in [-0.25, -0.2) is 4.39 Å². The van der Waals surface area contributed by atoms with E-state index >= 15 is 0 Å². The molecule has 0 heterocycles. The fourth-order valence-electron chi connectivity index (χ4n) is 1.35. The van der Waals surface area contributed by atoms with E-state index in [1.807, 2.05) is 13.8 Å². The Hall–Kier alpha value is -0.610. The van der Waals surface area contributed by atoms with Crippen LogP contribution < -0.4 is 5.32 Å². The number of carbonyl (C=O) groups is 1. The Morgan fingerprint density at radius 3 is 2.71 bits per heavy atom. The monoisotopic (exact) mass is 321 g/mol. The van der Waals surface area contributed by atoms with Gasteiger partial charge < -0.3 is 5.32 Å². The lowest BCUT2D eigenvalue weighted by molar-refractivity contribution is 0.0911. The summed E-state index contributed by atoms with van der Waals surface area (Å²) in [5, 5.41) is 2.86. The van der Waals surface area contributed by atoms with Gasteiger partial charge in [-0.1, -0.05) is 0 Å². The lowest BCUT2D eigenvalue weighted by atomic mass is 10.0. The summed E-state index contributed by atoms with van der Waals surface area (Å²) in [7, 11) is 0. The number of nitrogens with one attached hydrogen (secondary N) is 1. The molecule has 94 valence electrons. The zero-order chi connectivity index (χ0) is 13.1. The lowest BCUT2D eigenvalue weighted by Crippen LogP contribution is -2.43. The summed E-state index contributed by atoms with van der Waals surface area (Å²) in [5.41, 5.74) is 0.0289. The molecule has 0 atom stereocenters. The van der Waals surface area contributed by atoms with Gasteiger partial charge in [0.25, 0.3) is 5.91 Å². The Morgan fingerprint density at radius 1 is 1.53 bits per heavy atom. The van der Waals surface area contributed by atoms with Crippen molar-refractivity contribution in [3.05, 3.63) is 34.1 Å². The smallest absolute Gasteiger partial charge is 0.252 e. The number of hydrogen-bond donors (Lipinski definition) is 1. The fraction of sp³-hybridized carbons (Fsp3) is 0.417. The first-order valence-corrected chi connectivity index (χ1v) is 6.52. The van der Waals surface area contributed by atoms with Crippen molar-refractivity contribution in [2.45, 2.75) is 25.8 Å². The van der Waals surface area contributed by atoms with Gasteiger partial charge in [-0.15, -0.1) is 11.6 Å². The second-order valence-electron chi connectivity index (χ2n) is 4.40. The molecule has 0 saturated heterocycles. The molecular formula is C12H14BrClFNO. The van der Waals surface area contributed by atoms with Crippen molar-refractivity contribution in [1.29, 1.82) is 0 Å². The molecular weight excluding hydrogens is 308 g/mol. The molecule has 17 heavy (non-hydrogen) atoms. The van der Waals surface area contributed by atoms with Gasteiger partial charge in [0.1, 0.15) is 5.82 Å². The van der Waals surface area contributed by atoms with Crippen molar-refractivity contribution in [2.24, 2.45) is 0 Å². The van der Waals surface area contributed by atoms with Crippen molar-refractivity contribution >= 4 is 33.4 Å². The van der Waals surface area contributed by atoms with Crippen LogP contribution in [0.4, 0.5) is 4.39 Å². The van der Waals surface area contributed by atoms with Gasteiger partial charge in [-0.05, 0) is 54.4 Å². The number of rotatable bonds is 4. The number of hydrogen-bond acceptors (Lipinski definition) is 1. The van der Waals surface area contributed by atoms with Gasteiger partial charge in [0.15, 0.2) is 0 Å². The molecule has 0 aliphatic heterocycles. The first-order chi connectivity index (χ1) is 7.85. The maximum absolute atomic E-state index is 12.9. The molecule has 0 aromatic heterocycles. The minimum atomic E-state index is -0.382. The molecule has 1 rings (SSSR count). The van der Waals surface area contributed by atoms with E-state index < -0.39 is 0 Å². The molecule has 0 aliphatic rings. The molecule has 5 heteroatoms. The largest absolute Gasteiger partial charge is 0.347 e. The molecule has 2 nitrogen and oxygen atoms in total. The Kier molecular flexibility index (Phi) is 4.95. The van der Waals surface area contributed by atoms with Crippen molar-refractivity contribution in [3.63, 3.8) is 0 Å². The van der Waals surface area contributed by atoms with Gasteiger partial charge in [0.2, 0.25) is 0 Å². The van der Waals surface area contributed by atoms with E-state index in [0.29, 0.717) is 22.3 Å². The highest BCUT2D eigenvalue weighted by molar-refractivity contribution is 9.10. The van der Waals surface area contributed by atoms with Gasteiger partial charge in [0, 0.05) is 15.9 Å². The quantitative estimate of drug-likeness (QED) is 0.841.